The molecule has 0 spiro atoms. The molecular formula is C15H24BrN5O. The average molecular weight is 370 g/mol. The van der Waals surface area contributed by atoms with Crippen LogP contribution < -0.4 is 16.0 Å². The van der Waals surface area contributed by atoms with E-state index in [1.54, 1.807) is 19.4 Å². The molecule has 0 unspecified atom stereocenters. The van der Waals surface area contributed by atoms with Crippen LogP contribution in [0.5, 0.6) is 0 Å². The Morgan fingerprint density at radius 3 is 2.68 bits per heavy atom. The van der Waals surface area contributed by atoms with E-state index in [0.29, 0.717) is 18.5 Å². The van der Waals surface area contributed by atoms with Gasteiger partial charge in [-0.2, -0.15) is 0 Å². The third-order valence-electron chi connectivity index (χ3n) is 4.09. The first-order chi connectivity index (χ1) is 10.7. The van der Waals surface area contributed by atoms with Crippen LogP contribution in [0.1, 0.15) is 31.4 Å². The summed E-state index contributed by atoms with van der Waals surface area (Å²) >= 11 is 3.28. The number of nitrogens with one attached hydrogen (secondary N) is 3. The first-order valence-electron chi connectivity index (χ1n) is 7.78. The van der Waals surface area contributed by atoms with Crippen molar-refractivity contribution in [2.45, 2.75) is 38.3 Å². The van der Waals surface area contributed by atoms with Crippen molar-refractivity contribution in [2.75, 3.05) is 20.1 Å². The van der Waals surface area contributed by atoms with Crippen molar-refractivity contribution in [3.8, 4) is 0 Å². The van der Waals surface area contributed by atoms with Gasteiger partial charge in [-0.3, -0.25) is 9.78 Å². The zero-order chi connectivity index (χ0) is 15.8. The topological polar surface area (TPSA) is 78.9 Å². The molecule has 3 N–H and O–H groups in total. The van der Waals surface area contributed by atoms with Crippen molar-refractivity contribution in [2.24, 2.45) is 5.92 Å². The van der Waals surface area contributed by atoms with Gasteiger partial charge in [-0.1, -0.05) is 0 Å². The van der Waals surface area contributed by atoms with Crippen molar-refractivity contribution in [3.05, 3.63) is 22.7 Å². The molecule has 7 heteroatoms. The molecule has 1 amide bonds. The van der Waals surface area contributed by atoms with E-state index in [0.717, 1.165) is 36.2 Å². The van der Waals surface area contributed by atoms with Gasteiger partial charge in [-0.15, -0.1) is 0 Å². The summed E-state index contributed by atoms with van der Waals surface area (Å²) in [6.07, 6.45) is 8.19. The Morgan fingerprint density at radius 1 is 1.27 bits per heavy atom. The van der Waals surface area contributed by atoms with Crippen LogP contribution in [0.4, 0.5) is 0 Å². The van der Waals surface area contributed by atoms with E-state index in [9.17, 15) is 4.79 Å². The first kappa shape index (κ1) is 17.3. The molecule has 1 aliphatic carbocycles. The summed E-state index contributed by atoms with van der Waals surface area (Å²) in [5, 5.41) is 9.42. The van der Waals surface area contributed by atoms with E-state index in [-0.39, 0.29) is 5.91 Å². The first-order valence-corrected chi connectivity index (χ1v) is 8.57. The number of amides is 1. The van der Waals surface area contributed by atoms with Gasteiger partial charge < -0.3 is 16.0 Å². The molecule has 1 saturated carbocycles. The van der Waals surface area contributed by atoms with Gasteiger partial charge in [0.05, 0.1) is 24.6 Å². The van der Waals surface area contributed by atoms with Crippen LogP contribution in [0.3, 0.4) is 0 Å². The lowest BCUT2D eigenvalue weighted by atomic mass is 9.86. The van der Waals surface area contributed by atoms with Crippen LogP contribution >= 0.6 is 15.9 Å². The largest absolute Gasteiger partial charge is 0.358 e. The van der Waals surface area contributed by atoms with Crippen LogP contribution in [0.25, 0.3) is 0 Å². The van der Waals surface area contributed by atoms with Gasteiger partial charge in [0, 0.05) is 19.6 Å². The van der Waals surface area contributed by atoms with Gasteiger partial charge in [-0.25, -0.2) is 4.98 Å². The minimum Gasteiger partial charge on any atom is -0.358 e. The normalized spacial score (nSPS) is 21.5. The highest BCUT2D eigenvalue weighted by Gasteiger charge is 2.20. The molecule has 6 nitrogen and oxygen atoms in total. The monoisotopic (exact) mass is 369 g/mol. The molecule has 122 valence electrons. The van der Waals surface area contributed by atoms with Crippen LogP contribution in [0, 0.1) is 5.92 Å². The molecule has 1 aromatic heterocycles. The fourth-order valence-electron chi connectivity index (χ4n) is 2.73. The Bertz CT molecular complexity index is 460. The Kier molecular flexibility index (Phi) is 7.21. The fourth-order valence-corrected chi connectivity index (χ4v) is 2.94. The minimum absolute atomic E-state index is 0.0550. The van der Waals surface area contributed by atoms with E-state index in [1.165, 1.54) is 12.8 Å². The summed E-state index contributed by atoms with van der Waals surface area (Å²) in [5.74, 6) is 0.765. The molecule has 1 aromatic rings. The predicted molar refractivity (Wildman–Crippen MR) is 89.3 cm³/mol. The number of halogens is 1. The molecule has 0 saturated heterocycles. The fraction of sp³-hybridized carbons (Fsp3) is 0.667. The second kappa shape index (κ2) is 9.17. The maximum absolute atomic E-state index is 11.2. The highest BCUT2D eigenvalue weighted by atomic mass is 79.9. The van der Waals surface area contributed by atoms with E-state index in [4.69, 9.17) is 0 Å². The Morgan fingerprint density at radius 2 is 2.05 bits per heavy atom. The number of nitrogens with zero attached hydrogens (tertiary/aromatic N) is 2. The van der Waals surface area contributed by atoms with Crippen molar-refractivity contribution < 1.29 is 4.79 Å². The standard InChI is InChI=1S/C15H24BrN5O/c1-17-15(22)10-20-12-4-2-11(3-5-12)6-18-7-13-8-21-14(16)9-19-13/h8-9,11-12,18,20H,2-7,10H2,1H3,(H,17,22). The van der Waals surface area contributed by atoms with Crippen molar-refractivity contribution in [3.63, 3.8) is 0 Å². The molecule has 2 rings (SSSR count). The van der Waals surface area contributed by atoms with Gasteiger partial charge in [0.2, 0.25) is 5.91 Å². The van der Waals surface area contributed by atoms with Gasteiger partial charge >= 0.3 is 0 Å². The van der Waals surface area contributed by atoms with Crippen molar-refractivity contribution >= 4 is 21.8 Å². The lowest BCUT2D eigenvalue weighted by molar-refractivity contribution is -0.119. The van der Waals surface area contributed by atoms with E-state index in [1.807, 2.05) is 0 Å². The quantitative estimate of drug-likeness (QED) is 0.673. The Hall–Kier alpha value is -1.05. The molecule has 0 aromatic carbocycles. The average Bonchev–Trinajstić information content (AvgIpc) is 2.55. The van der Waals surface area contributed by atoms with Gasteiger partial charge in [0.15, 0.2) is 0 Å². The number of rotatable bonds is 7. The van der Waals surface area contributed by atoms with Crippen LogP contribution in [-0.2, 0) is 11.3 Å². The number of aromatic nitrogens is 2. The van der Waals surface area contributed by atoms with Crippen LogP contribution in [-0.4, -0.2) is 42.1 Å². The Labute approximate surface area is 140 Å². The van der Waals surface area contributed by atoms with E-state index >= 15 is 0 Å². The molecule has 1 fully saturated rings. The maximum atomic E-state index is 11.2. The number of hydrogen-bond donors (Lipinski definition) is 3. The lowest BCUT2D eigenvalue weighted by Gasteiger charge is -2.29. The summed E-state index contributed by atoms with van der Waals surface area (Å²) in [6, 6.07) is 0.478. The van der Waals surface area contributed by atoms with E-state index < -0.39 is 0 Å². The molecule has 1 heterocycles. The Balaban J connectivity index is 1.59. The smallest absolute Gasteiger partial charge is 0.233 e. The minimum atomic E-state index is 0.0550. The highest BCUT2D eigenvalue weighted by molar-refractivity contribution is 9.10. The molecule has 0 radical (unpaired) electrons. The zero-order valence-corrected chi connectivity index (χ0v) is 14.5. The predicted octanol–water partition coefficient (Wildman–Crippen LogP) is 1.22. The van der Waals surface area contributed by atoms with Gasteiger partial charge in [-0.05, 0) is 54.1 Å². The number of carbonyl (C=O) groups is 1. The highest BCUT2D eigenvalue weighted by Crippen LogP contribution is 2.23. The summed E-state index contributed by atoms with van der Waals surface area (Å²) in [4.78, 5) is 19.7. The summed E-state index contributed by atoms with van der Waals surface area (Å²) in [6.45, 7) is 2.20. The molecular weight excluding hydrogens is 346 g/mol. The van der Waals surface area contributed by atoms with E-state index in [2.05, 4.69) is 41.8 Å². The van der Waals surface area contributed by atoms with Gasteiger partial charge in [0.1, 0.15) is 4.60 Å². The van der Waals surface area contributed by atoms with Gasteiger partial charge in [0.25, 0.3) is 0 Å². The number of likely N-dealkylation sites (N-methyl/N-ethyl adjacent to an activating group) is 1. The van der Waals surface area contributed by atoms with Crippen LogP contribution in [0.2, 0.25) is 0 Å². The second-order valence-corrected chi connectivity index (χ2v) is 6.55. The van der Waals surface area contributed by atoms with Crippen LogP contribution in [0.15, 0.2) is 17.0 Å². The lowest BCUT2D eigenvalue weighted by Crippen LogP contribution is -2.40. The van der Waals surface area contributed by atoms with Crippen molar-refractivity contribution in [1.29, 1.82) is 0 Å². The third-order valence-corrected chi connectivity index (χ3v) is 4.50. The molecule has 0 bridgehead atoms. The molecule has 0 aliphatic heterocycles. The third kappa shape index (κ3) is 5.98. The number of carbonyl (C=O) groups excluding carboxylic acids is 1. The second-order valence-electron chi connectivity index (χ2n) is 5.73. The SMILES string of the molecule is CNC(=O)CNC1CCC(CNCc2cnc(Br)cn2)CC1. The maximum Gasteiger partial charge on any atom is 0.233 e. The zero-order valence-electron chi connectivity index (χ0n) is 12.9. The summed E-state index contributed by atoms with van der Waals surface area (Å²) in [5.41, 5.74) is 0.962. The molecule has 0 atom stereocenters. The van der Waals surface area contributed by atoms with Crippen molar-refractivity contribution in [1.82, 2.24) is 25.9 Å². The summed E-state index contributed by atoms with van der Waals surface area (Å²) < 4.78 is 0.763. The summed E-state index contributed by atoms with van der Waals surface area (Å²) in [7, 11) is 1.67. The number of hydrogen-bond acceptors (Lipinski definition) is 5. The molecule has 22 heavy (non-hydrogen) atoms. The molecule has 1 aliphatic rings.